The van der Waals surface area contributed by atoms with E-state index in [2.05, 4.69) is 22.7 Å². The first-order valence-electron chi connectivity index (χ1n) is 11.4. The number of fused-ring (bicyclic) bond motifs is 3. The number of imidazole rings is 1. The first-order valence-corrected chi connectivity index (χ1v) is 11.4. The number of ketones is 1. The van der Waals surface area contributed by atoms with Gasteiger partial charge in [0, 0.05) is 24.1 Å². The number of Topliss-reactive ketones (excluding diaryl/α,β-unsaturated/α-hetero) is 1. The monoisotopic (exact) mass is 412 g/mol. The molecule has 5 rings (SSSR count). The third-order valence-corrected chi connectivity index (χ3v) is 6.07. The number of nitrogens with one attached hydrogen (secondary N) is 1. The van der Waals surface area contributed by atoms with Gasteiger partial charge in [-0.3, -0.25) is 9.20 Å². The number of para-hydroxylation sites is 2. The Labute approximate surface area is 182 Å². The molecular formula is C26H28N4O. The van der Waals surface area contributed by atoms with Gasteiger partial charge in [-0.2, -0.15) is 0 Å². The molecule has 4 aromatic rings. The minimum absolute atomic E-state index is 0.250. The lowest BCUT2D eigenvalue weighted by Gasteiger charge is -2.11. The molecule has 31 heavy (non-hydrogen) atoms. The van der Waals surface area contributed by atoms with Gasteiger partial charge in [-0.25, -0.2) is 9.97 Å². The average molecular weight is 413 g/mol. The summed E-state index contributed by atoms with van der Waals surface area (Å²) in [7, 11) is 0. The summed E-state index contributed by atoms with van der Waals surface area (Å²) >= 11 is 0. The highest BCUT2D eigenvalue weighted by atomic mass is 16.1. The van der Waals surface area contributed by atoms with Crippen LogP contribution in [0.25, 0.3) is 27.9 Å². The number of hydrogen-bond acceptors (Lipinski definition) is 4. The fraction of sp³-hybridized carbons (Fsp3) is 0.346. The second-order valence-corrected chi connectivity index (χ2v) is 8.53. The highest BCUT2D eigenvalue weighted by molar-refractivity contribution is 5.97. The molecule has 0 bridgehead atoms. The van der Waals surface area contributed by atoms with Crippen molar-refractivity contribution in [2.75, 3.05) is 11.9 Å². The normalized spacial score (nSPS) is 13.7. The van der Waals surface area contributed by atoms with Gasteiger partial charge in [0.15, 0.2) is 17.2 Å². The van der Waals surface area contributed by atoms with Crippen molar-refractivity contribution in [2.24, 2.45) is 5.92 Å². The summed E-state index contributed by atoms with van der Waals surface area (Å²) in [5, 5.41) is 3.49. The van der Waals surface area contributed by atoms with Gasteiger partial charge < -0.3 is 5.32 Å². The maximum atomic E-state index is 12.4. The van der Waals surface area contributed by atoms with Crippen molar-refractivity contribution in [2.45, 2.75) is 45.4 Å². The smallest absolute Gasteiger partial charge is 0.181 e. The van der Waals surface area contributed by atoms with Gasteiger partial charge in [0.1, 0.15) is 0 Å². The minimum Gasteiger partial charge on any atom is -0.367 e. The Morgan fingerprint density at radius 2 is 1.90 bits per heavy atom. The second kappa shape index (κ2) is 8.50. The minimum atomic E-state index is 0.250. The molecule has 0 amide bonds. The van der Waals surface area contributed by atoms with Gasteiger partial charge in [0.2, 0.25) is 0 Å². The standard InChI is InChI=1S/C26H28N4O/c1-2-3-6-15-27-25-26-28-17-23(30(26)22-8-5-4-7-21(22)29-25)19-11-13-20(14-12-19)24(31)16-18-9-10-18/h4-5,7-8,11-14,17-18H,2-3,6,9-10,15-16H2,1H3,(H,27,29). The predicted octanol–water partition coefficient (Wildman–Crippen LogP) is 6.13. The van der Waals surface area contributed by atoms with E-state index in [-0.39, 0.29) is 5.78 Å². The highest BCUT2D eigenvalue weighted by Crippen LogP contribution is 2.34. The molecule has 1 N–H and O–H groups in total. The molecule has 0 saturated heterocycles. The number of benzene rings is 2. The summed E-state index contributed by atoms with van der Waals surface area (Å²) in [5.74, 6) is 1.67. The van der Waals surface area contributed by atoms with Gasteiger partial charge in [-0.15, -0.1) is 0 Å². The topological polar surface area (TPSA) is 59.3 Å². The Morgan fingerprint density at radius 1 is 1.10 bits per heavy atom. The van der Waals surface area contributed by atoms with E-state index in [9.17, 15) is 4.79 Å². The van der Waals surface area contributed by atoms with Crippen molar-refractivity contribution in [1.29, 1.82) is 0 Å². The third kappa shape index (κ3) is 4.05. The Morgan fingerprint density at radius 3 is 2.68 bits per heavy atom. The number of carbonyl (C=O) groups is 1. The lowest BCUT2D eigenvalue weighted by atomic mass is 10.0. The lowest BCUT2D eigenvalue weighted by Crippen LogP contribution is -2.06. The fourth-order valence-electron chi connectivity index (χ4n) is 4.11. The molecule has 5 heteroatoms. The number of hydrogen-bond donors (Lipinski definition) is 1. The quantitative estimate of drug-likeness (QED) is 0.265. The second-order valence-electron chi connectivity index (χ2n) is 8.53. The molecule has 0 spiro atoms. The number of rotatable bonds is 9. The summed E-state index contributed by atoms with van der Waals surface area (Å²) < 4.78 is 2.17. The van der Waals surface area contributed by atoms with Gasteiger partial charge in [-0.05, 0) is 37.3 Å². The van der Waals surface area contributed by atoms with Crippen LogP contribution in [-0.4, -0.2) is 26.7 Å². The van der Waals surface area contributed by atoms with Crippen LogP contribution in [0.15, 0.2) is 54.7 Å². The van der Waals surface area contributed by atoms with Crippen LogP contribution in [0.2, 0.25) is 0 Å². The van der Waals surface area contributed by atoms with Crippen molar-refractivity contribution in [1.82, 2.24) is 14.4 Å². The molecule has 5 nitrogen and oxygen atoms in total. The van der Waals surface area contributed by atoms with Crippen LogP contribution in [0.1, 0.15) is 55.8 Å². The van der Waals surface area contributed by atoms with E-state index < -0.39 is 0 Å². The molecule has 158 valence electrons. The summed E-state index contributed by atoms with van der Waals surface area (Å²) in [6.45, 7) is 3.09. The first-order chi connectivity index (χ1) is 15.2. The van der Waals surface area contributed by atoms with Crippen LogP contribution in [0.3, 0.4) is 0 Å². The maximum Gasteiger partial charge on any atom is 0.181 e. The van der Waals surface area contributed by atoms with Crippen molar-refractivity contribution >= 4 is 28.3 Å². The molecule has 1 aliphatic carbocycles. The zero-order valence-corrected chi connectivity index (χ0v) is 18.0. The fourth-order valence-corrected chi connectivity index (χ4v) is 4.11. The van der Waals surface area contributed by atoms with Crippen LogP contribution < -0.4 is 5.32 Å². The molecule has 0 radical (unpaired) electrons. The highest BCUT2D eigenvalue weighted by Gasteiger charge is 2.25. The summed E-state index contributed by atoms with van der Waals surface area (Å²) in [6, 6.07) is 16.1. The Bertz CT molecular complexity index is 1220. The van der Waals surface area contributed by atoms with Crippen LogP contribution >= 0.6 is 0 Å². The van der Waals surface area contributed by atoms with E-state index in [1.165, 1.54) is 25.7 Å². The van der Waals surface area contributed by atoms with Gasteiger partial charge >= 0.3 is 0 Å². The molecule has 2 heterocycles. The number of unbranched alkanes of at least 4 members (excludes halogenated alkanes) is 2. The van der Waals surface area contributed by atoms with E-state index >= 15 is 0 Å². The Hall–Kier alpha value is -3.21. The molecular weight excluding hydrogens is 384 g/mol. The molecule has 0 aliphatic heterocycles. The number of anilines is 1. The molecule has 0 atom stereocenters. The largest absolute Gasteiger partial charge is 0.367 e. The number of carbonyl (C=O) groups excluding carboxylic acids is 1. The van der Waals surface area contributed by atoms with Crippen LogP contribution in [0, 0.1) is 5.92 Å². The predicted molar refractivity (Wildman–Crippen MR) is 126 cm³/mol. The first kappa shape index (κ1) is 19.7. The third-order valence-electron chi connectivity index (χ3n) is 6.07. The molecule has 1 saturated carbocycles. The molecule has 1 fully saturated rings. The van der Waals surface area contributed by atoms with E-state index in [4.69, 9.17) is 9.97 Å². The Kier molecular flexibility index (Phi) is 5.41. The van der Waals surface area contributed by atoms with Crippen molar-refractivity contribution in [3.8, 4) is 11.3 Å². The van der Waals surface area contributed by atoms with E-state index in [1.807, 2.05) is 48.7 Å². The Balaban J connectivity index is 1.53. The SMILES string of the molecule is CCCCCNc1nc2ccccc2n2c(-c3ccc(C(=O)CC4CC4)cc3)cnc12. The summed E-state index contributed by atoms with van der Waals surface area (Å²) in [6.07, 6.45) is 8.47. The van der Waals surface area contributed by atoms with Crippen LogP contribution in [-0.2, 0) is 0 Å². The van der Waals surface area contributed by atoms with Crippen molar-refractivity contribution in [3.63, 3.8) is 0 Å². The van der Waals surface area contributed by atoms with Crippen LogP contribution in [0.4, 0.5) is 5.82 Å². The summed E-state index contributed by atoms with van der Waals surface area (Å²) in [5.41, 5.74) is 5.64. The molecule has 1 aliphatic rings. The molecule has 0 unspecified atom stereocenters. The average Bonchev–Trinajstić information content (AvgIpc) is 3.50. The zero-order chi connectivity index (χ0) is 21.2. The van der Waals surface area contributed by atoms with Crippen LogP contribution in [0.5, 0.6) is 0 Å². The maximum absolute atomic E-state index is 12.4. The lowest BCUT2D eigenvalue weighted by molar-refractivity contribution is 0.0976. The zero-order valence-electron chi connectivity index (χ0n) is 18.0. The van der Waals surface area contributed by atoms with E-state index in [0.717, 1.165) is 52.3 Å². The summed E-state index contributed by atoms with van der Waals surface area (Å²) in [4.78, 5) is 22.0. The van der Waals surface area contributed by atoms with Gasteiger partial charge in [0.25, 0.3) is 0 Å². The van der Waals surface area contributed by atoms with E-state index in [1.54, 1.807) is 0 Å². The molecule has 2 aromatic carbocycles. The molecule has 2 aromatic heterocycles. The van der Waals surface area contributed by atoms with Gasteiger partial charge in [-0.1, -0.05) is 56.2 Å². The van der Waals surface area contributed by atoms with E-state index in [0.29, 0.717) is 12.3 Å². The van der Waals surface area contributed by atoms with Gasteiger partial charge in [0.05, 0.1) is 22.9 Å². The van der Waals surface area contributed by atoms with Crippen molar-refractivity contribution in [3.05, 3.63) is 60.3 Å². The van der Waals surface area contributed by atoms with Crippen molar-refractivity contribution < 1.29 is 4.79 Å². The number of aromatic nitrogens is 3. The number of nitrogens with zero attached hydrogens (tertiary/aromatic N) is 3.